The van der Waals surface area contributed by atoms with Gasteiger partial charge < -0.3 is 24.6 Å². The second-order valence-electron chi connectivity index (χ2n) is 7.84. The molecule has 1 unspecified atom stereocenters. The number of nitrogens with zero attached hydrogens (tertiary/aromatic N) is 2. The number of aromatic nitrogens is 2. The number of rotatable bonds is 9. The molecule has 1 saturated heterocycles. The van der Waals surface area contributed by atoms with Crippen molar-refractivity contribution in [1.82, 2.24) is 15.1 Å². The van der Waals surface area contributed by atoms with E-state index in [2.05, 4.69) is 15.1 Å². The molecule has 0 aliphatic carbocycles. The van der Waals surface area contributed by atoms with Gasteiger partial charge in [-0.3, -0.25) is 5.10 Å². The van der Waals surface area contributed by atoms with Gasteiger partial charge >= 0.3 is 0 Å². The molecule has 1 aliphatic rings. The summed E-state index contributed by atoms with van der Waals surface area (Å²) < 4.78 is 11.7. The van der Waals surface area contributed by atoms with Crippen molar-refractivity contribution in [2.24, 2.45) is 5.92 Å². The predicted molar refractivity (Wildman–Crippen MR) is 129 cm³/mol. The molecule has 1 aliphatic heterocycles. The summed E-state index contributed by atoms with van der Waals surface area (Å²) in [6.07, 6.45) is 1.55. The lowest BCUT2D eigenvalue weighted by atomic mass is 9.97. The maximum absolute atomic E-state index is 10.5. The third kappa shape index (κ3) is 6.73. The molecule has 0 saturated carbocycles. The number of β-amino-alcohol motifs (C(OH)–C–C–N with tert-alkyl or cyclic N) is 1. The van der Waals surface area contributed by atoms with Crippen LogP contribution in [0.15, 0.2) is 48.5 Å². The van der Waals surface area contributed by atoms with Gasteiger partial charge in [-0.15, -0.1) is 24.8 Å². The SMILES string of the molecule is Cl.Cl.OCc1n[nH]c2cccc(OCC(O)CN3CCC(COc4ccccc4)CC3)c12. The molecule has 2 aromatic carbocycles. The fraction of sp³-hybridized carbons (Fsp3) is 0.435. The average Bonchev–Trinajstić information content (AvgIpc) is 3.22. The van der Waals surface area contributed by atoms with Gasteiger partial charge in [0, 0.05) is 6.54 Å². The van der Waals surface area contributed by atoms with Crippen molar-refractivity contribution in [3.05, 3.63) is 54.2 Å². The molecule has 3 N–H and O–H groups in total. The number of likely N-dealkylation sites (tertiary alicyclic amines) is 1. The van der Waals surface area contributed by atoms with Gasteiger partial charge in [0.05, 0.1) is 29.8 Å². The zero-order valence-electron chi connectivity index (χ0n) is 17.9. The van der Waals surface area contributed by atoms with Crippen molar-refractivity contribution in [1.29, 1.82) is 0 Å². The number of nitrogens with one attached hydrogen (secondary N) is 1. The minimum atomic E-state index is -0.582. The number of aliphatic hydroxyl groups excluding tert-OH is 2. The summed E-state index contributed by atoms with van der Waals surface area (Å²) in [6.45, 7) is 3.27. The Hall–Kier alpha value is -2.03. The highest BCUT2D eigenvalue weighted by molar-refractivity contribution is 5.87. The molecule has 1 aromatic heterocycles. The van der Waals surface area contributed by atoms with Crippen LogP contribution in [0.1, 0.15) is 18.5 Å². The summed E-state index contributed by atoms with van der Waals surface area (Å²) in [5.74, 6) is 2.09. The summed E-state index contributed by atoms with van der Waals surface area (Å²) in [5.41, 5.74) is 1.36. The monoisotopic (exact) mass is 483 g/mol. The minimum Gasteiger partial charge on any atom is -0.493 e. The first kappa shape index (κ1) is 26.2. The Kier molecular flexibility index (Phi) is 10.5. The van der Waals surface area contributed by atoms with Gasteiger partial charge in [-0.2, -0.15) is 5.10 Å². The predicted octanol–water partition coefficient (Wildman–Crippen LogP) is 3.43. The first-order valence-corrected chi connectivity index (χ1v) is 10.5. The third-order valence-corrected chi connectivity index (χ3v) is 5.61. The van der Waals surface area contributed by atoms with E-state index in [0.717, 1.165) is 49.2 Å². The number of halogens is 2. The molecular weight excluding hydrogens is 453 g/mol. The number of ether oxygens (including phenoxy) is 2. The second-order valence-corrected chi connectivity index (χ2v) is 7.84. The van der Waals surface area contributed by atoms with Crippen molar-refractivity contribution in [2.75, 3.05) is 32.8 Å². The van der Waals surface area contributed by atoms with Gasteiger partial charge in [0.25, 0.3) is 0 Å². The molecule has 176 valence electrons. The number of fused-ring (bicyclic) bond motifs is 1. The topological polar surface area (TPSA) is 90.8 Å². The summed E-state index contributed by atoms with van der Waals surface area (Å²) in [6, 6.07) is 15.5. The standard InChI is InChI=1S/C23H29N3O4.2ClH/c27-14-21-23-20(24-25-21)7-4-8-22(23)30-16-18(28)13-26-11-9-17(10-12-26)15-29-19-5-2-1-3-6-19;;/h1-8,17-18,27-28H,9-16H2,(H,24,25);2*1H. The molecule has 4 rings (SSSR count). The maximum Gasteiger partial charge on any atom is 0.130 e. The van der Waals surface area contributed by atoms with Crippen LogP contribution in [0.5, 0.6) is 11.5 Å². The molecule has 9 heteroatoms. The number of hydrogen-bond acceptors (Lipinski definition) is 6. The van der Waals surface area contributed by atoms with E-state index in [1.54, 1.807) is 0 Å². The summed E-state index contributed by atoms with van der Waals surface area (Å²) in [4.78, 5) is 2.28. The van der Waals surface area contributed by atoms with Crippen LogP contribution in [0.4, 0.5) is 0 Å². The van der Waals surface area contributed by atoms with Crippen molar-refractivity contribution in [3.8, 4) is 11.5 Å². The van der Waals surface area contributed by atoms with E-state index in [4.69, 9.17) is 9.47 Å². The highest BCUT2D eigenvalue weighted by atomic mass is 35.5. The summed E-state index contributed by atoms with van der Waals surface area (Å²) in [7, 11) is 0. The van der Waals surface area contributed by atoms with E-state index in [-0.39, 0.29) is 38.0 Å². The van der Waals surface area contributed by atoms with Gasteiger partial charge in [0.1, 0.15) is 24.2 Å². The zero-order chi connectivity index (χ0) is 20.8. The van der Waals surface area contributed by atoms with Crippen molar-refractivity contribution in [3.63, 3.8) is 0 Å². The van der Waals surface area contributed by atoms with E-state index in [0.29, 0.717) is 23.9 Å². The van der Waals surface area contributed by atoms with Crippen LogP contribution in [0.2, 0.25) is 0 Å². The molecule has 1 fully saturated rings. The molecule has 1 atom stereocenters. The van der Waals surface area contributed by atoms with E-state index < -0.39 is 6.10 Å². The van der Waals surface area contributed by atoms with Gasteiger partial charge in [0.15, 0.2) is 0 Å². The Morgan fingerprint density at radius 2 is 1.78 bits per heavy atom. The molecule has 7 nitrogen and oxygen atoms in total. The number of hydrogen-bond donors (Lipinski definition) is 3. The van der Waals surface area contributed by atoms with Gasteiger partial charge in [-0.05, 0) is 56.1 Å². The van der Waals surface area contributed by atoms with Crippen molar-refractivity contribution in [2.45, 2.75) is 25.6 Å². The van der Waals surface area contributed by atoms with E-state index in [9.17, 15) is 10.2 Å². The minimum absolute atomic E-state index is 0. The van der Waals surface area contributed by atoms with Crippen molar-refractivity contribution < 1.29 is 19.7 Å². The maximum atomic E-state index is 10.5. The fourth-order valence-electron chi connectivity index (χ4n) is 3.94. The smallest absolute Gasteiger partial charge is 0.130 e. The molecular formula is C23H31Cl2N3O4. The van der Waals surface area contributed by atoms with Crippen LogP contribution in [0.3, 0.4) is 0 Å². The second kappa shape index (κ2) is 12.9. The number of H-pyrrole nitrogens is 1. The van der Waals surface area contributed by atoms with E-state index in [1.165, 1.54) is 0 Å². The Morgan fingerprint density at radius 1 is 1.03 bits per heavy atom. The summed E-state index contributed by atoms with van der Waals surface area (Å²) >= 11 is 0. The number of piperidine rings is 1. The molecule has 0 bridgehead atoms. The van der Waals surface area contributed by atoms with Crippen LogP contribution in [0.25, 0.3) is 10.9 Å². The number of aromatic amines is 1. The highest BCUT2D eigenvalue weighted by Crippen LogP contribution is 2.27. The lowest BCUT2D eigenvalue weighted by molar-refractivity contribution is 0.0507. The highest BCUT2D eigenvalue weighted by Gasteiger charge is 2.22. The first-order valence-electron chi connectivity index (χ1n) is 10.5. The number of benzene rings is 2. The Morgan fingerprint density at radius 3 is 2.50 bits per heavy atom. The quantitative estimate of drug-likeness (QED) is 0.431. The summed E-state index contributed by atoms with van der Waals surface area (Å²) in [5, 5.41) is 27.7. The number of para-hydroxylation sites is 1. The third-order valence-electron chi connectivity index (χ3n) is 5.61. The molecule has 0 spiro atoms. The van der Waals surface area contributed by atoms with Crippen molar-refractivity contribution >= 4 is 35.7 Å². The lowest BCUT2D eigenvalue weighted by Crippen LogP contribution is -2.41. The zero-order valence-corrected chi connectivity index (χ0v) is 19.5. The van der Waals surface area contributed by atoms with Crippen LogP contribution < -0.4 is 9.47 Å². The average molecular weight is 484 g/mol. The molecule has 0 radical (unpaired) electrons. The molecule has 3 aromatic rings. The van der Waals surface area contributed by atoms with Crippen LogP contribution in [-0.2, 0) is 6.61 Å². The van der Waals surface area contributed by atoms with Gasteiger partial charge in [-0.25, -0.2) is 0 Å². The molecule has 0 amide bonds. The van der Waals surface area contributed by atoms with Crippen LogP contribution >= 0.6 is 24.8 Å². The van der Waals surface area contributed by atoms with Gasteiger partial charge in [-0.1, -0.05) is 24.3 Å². The van der Waals surface area contributed by atoms with Crippen LogP contribution in [-0.4, -0.2) is 64.3 Å². The number of aliphatic hydroxyl groups is 2. The van der Waals surface area contributed by atoms with Crippen LogP contribution in [0, 0.1) is 5.92 Å². The van der Waals surface area contributed by atoms with E-state index >= 15 is 0 Å². The Balaban J connectivity index is 0.00000181. The normalized spacial score (nSPS) is 15.6. The Bertz CT molecular complexity index is 933. The molecule has 2 heterocycles. The first-order chi connectivity index (χ1) is 14.7. The van der Waals surface area contributed by atoms with Gasteiger partial charge in [0.2, 0.25) is 0 Å². The Labute approximate surface area is 200 Å². The lowest BCUT2D eigenvalue weighted by Gasteiger charge is -2.33. The fourth-order valence-corrected chi connectivity index (χ4v) is 3.94. The van der Waals surface area contributed by atoms with E-state index in [1.807, 2.05) is 48.5 Å². The largest absolute Gasteiger partial charge is 0.493 e. The molecule has 32 heavy (non-hydrogen) atoms.